The van der Waals surface area contributed by atoms with Crippen LogP contribution in [0.1, 0.15) is 26.3 Å². The van der Waals surface area contributed by atoms with Crippen molar-refractivity contribution in [3.63, 3.8) is 0 Å². The average molecular weight is 266 g/mol. The van der Waals surface area contributed by atoms with E-state index in [2.05, 4.69) is 40.9 Å². The second kappa shape index (κ2) is 5.85. The van der Waals surface area contributed by atoms with Crippen LogP contribution in [0.15, 0.2) is 16.8 Å². The topological polar surface area (TPSA) is 32.3 Å². The second-order valence-corrected chi connectivity index (χ2v) is 6.32. The van der Waals surface area contributed by atoms with Crippen molar-refractivity contribution in [1.29, 1.82) is 0 Å². The normalized spacial score (nSPS) is 24.7. The molecule has 0 unspecified atom stereocenters. The third-order valence-corrected chi connectivity index (χ3v) is 4.40. The van der Waals surface area contributed by atoms with Crippen LogP contribution in [-0.2, 0) is 11.3 Å². The average Bonchev–Trinajstić information content (AvgIpc) is 2.87. The summed E-state index contributed by atoms with van der Waals surface area (Å²) in [6.07, 6.45) is 0. The van der Waals surface area contributed by atoms with Crippen LogP contribution in [0.25, 0.3) is 0 Å². The standard InChI is InChI=1S/C14H22N2OS/c1-10(2)13-7-16(6-12-4-5-18-9-12)8-14(13)15-11(3)17/h4-5,9-10,13-14H,6-8H2,1-3H3,(H,15,17)/t13-,14+/m0/s1. The molecule has 1 aliphatic heterocycles. The van der Waals surface area contributed by atoms with E-state index in [9.17, 15) is 4.79 Å². The lowest BCUT2D eigenvalue weighted by atomic mass is 9.91. The number of thiophene rings is 1. The zero-order valence-electron chi connectivity index (χ0n) is 11.3. The van der Waals surface area contributed by atoms with Gasteiger partial charge in [-0.1, -0.05) is 13.8 Å². The van der Waals surface area contributed by atoms with Crippen molar-refractivity contribution in [1.82, 2.24) is 10.2 Å². The molecular weight excluding hydrogens is 244 g/mol. The van der Waals surface area contributed by atoms with Gasteiger partial charge < -0.3 is 5.32 Å². The maximum atomic E-state index is 11.3. The number of hydrogen-bond acceptors (Lipinski definition) is 3. The Hall–Kier alpha value is -0.870. The summed E-state index contributed by atoms with van der Waals surface area (Å²) in [4.78, 5) is 13.7. The molecule has 0 radical (unpaired) electrons. The smallest absolute Gasteiger partial charge is 0.217 e. The van der Waals surface area contributed by atoms with Gasteiger partial charge in [0, 0.05) is 32.6 Å². The van der Waals surface area contributed by atoms with E-state index in [0.29, 0.717) is 17.9 Å². The molecule has 100 valence electrons. The lowest BCUT2D eigenvalue weighted by Gasteiger charge is -2.22. The Labute approximate surface area is 113 Å². The van der Waals surface area contributed by atoms with E-state index in [0.717, 1.165) is 19.6 Å². The zero-order valence-corrected chi connectivity index (χ0v) is 12.2. The molecular formula is C14H22N2OS. The van der Waals surface area contributed by atoms with Crippen molar-refractivity contribution >= 4 is 17.2 Å². The molecule has 0 saturated carbocycles. The summed E-state index contributed by atoms with van der Waals surface area (Å²) in [6.45, 7) is 9.15. The van der Waals surface area contributed by atoms with Crippen molar-refractivity contribution in [2.75, 3.05) is 13.1 Å². The van der Waals surface area contributed by atoms with Gasteiger partial charge in [0.15, 0.2) is 0 Å². The highest BCUT2D eigenvalue weighted by molar-refractivity contribution is 7.07. The third kappa shape index (κ3) is 3.33. The molecule has 0 aromatic carbocycles. The number of hydrogen-bond donors (Lipinski definition) is 1. The highest BCUT2D eigenvalue weighted by Crippen LogP contribution is 2.26. The van der Waals surface area contributed by atoms with E-state index >= 15 is 0 Å². The number of carbonyl (C=O) groups is 1. The van der Waals surface area contributed by atoms with E-state index in [4.69, 9.17) is 0 Å². The van der Waals surface area contributed by atoms with Gasteiger partial charge in [0.05, 0.1) is 0 Å². The quantitative estimate of drug-likeness (QED) is 0.907. The Bertz CT molecular complexity index is 389. The summed E-state index contributed by atoms with van der Waals surface area (Å²) < 4.78 is 0. The third-order valence-electron chi connectivity index (χ3n) is 3.67. The van der Waals surface area contributed by atoms with Crippen LogP contribution >= 0.6 is 11.3 Å². The lowest BCUT2D eigenvalue weighted by molar-refractivity contribution is -0.119. The molecule has 0 bridgehead atoms. The Morgan fingerprint density at radius 1 is 1.56 bits per heavy atom. The van der Waals surface area contributed by atoms with Gasteiger partial charge in [0.25, 0.3) is 0 Å². The van der Waals surface area contributed by atoms with E-state index < -0.39 is 0 Å². The first-order valence-electron chi connectivity index (χ1n) is 6.56. The molecule has 2 heterocycles. The fraction of sp³-hybridized carbons (Fsp3) is 0.643. The number of nitrogens with zero attached hydrogens (tertiary/aromatic N) is 1. The Morgan fingerprint density at radius 2 is 2.33 bits per heavy atom. The van der Waals surface area contributed by atoms with E-state index in [1.54, 1.807) is 18.3 Å². The van der Waals surface area contributed by atoms with Gasteiger partial charge in [-0.2, -0.15) is 11.3 Å². The predicted molar refractivity (Wildman–Crippen MR) is 75.5 cm³/mol. The van der Waals surface area contributed by atoms with Crippen molar-refractivity contribution in [3.8, 4) is 0 Å². The minimum absolute atomic E-state index is 0.0861. The molecule has 1 aromatic rings. The van der Waals surface area contributed by atoms with Crippen LogP contribution in [-0.4, -0.2) is 29.9 Å². The Morgan fingerprint density at radius 3 is 2.89 bits per heavy atom. The largest absolute Gasteiger partial charge is 0.352 e. The highest BCUT2D eigenvalue weighted by Gasteiger charge is 2.34. The number of likely N-dealkylation sites (tertiary alicyclic amines) is 1. The summed E-state index contributed by atoms with van der Waals surface area (Å²) in [7, 11) is 0. The van der Waals surface area contributed by atoms with Crippen LogP contribution < -0.4 is 5.32 Å². The number of carbonyl (C=O) groups excluding carboxylic acids is 1. The number of rotatable bonds is 4. The van der Waals surface area contributed by atoms with E-state index in [-0.39, 0.29) is 5.91 Å². The van der Waals surface area contributed by atoms with Gasteiger partial charge in [-0.3, -0.25) is 9.69 Å². The molecule has 2 atom stereocenters. The van der Waals surface area contributed by atoms with Crippen LogP contribution in [0.5, 0.6) is 0 Å². The first-order valence-corrected chi connectivity index (χ1v) is 7.51. The summed E-state index contributed by atoms with van der Waals surface area (Å²) in [5.74, 6) is 1.25. The van der Waals surface area contributed by atoms with E-state index in [1.165, 1.54) is 5.56 Å². The van der Waals surface area contributed by atoms with E-state index in [1.807, 2.05) is 0 Å². The SMILES string of the molecule is CC(=O)N[C@@H]1CN(Cc2ccsc2)C[C@H]1C(C)C. The van der Waals surface area contributed by atoms with Gasteiger partial charge >= 0.3 is 0 Å². The molecule has 1 N–H and O–H groups in total. The van der Waals surface area contributed by atoms with Crippen molar-refractivity contribution in [3.05, 3.63) is 22.4 Å². The van der Waals surface area contributed by atoms with Gasteiger partial charge in [-0.05, 0) is 34.2 Å². The predicted octanol–water partition coefficient (Wildman–Crippen LogP) is 2.34. The maximum Gasteiger partial charge on any atom is 0.217 e. The Kier molecular flexibility index (Phi) is 4.40. The zero-order chi connectivity index (χ0) is 13.1. The van der Waals surface area contributed by atoms with Crippen LogP contribution in [0.4, 0.5) is 0 Å². The number of amides is 1. The summed E-state index contributed by atoms with van der Waals surface area (Å²) in [5.41, 5.74) is 1.38. The Balaban J connectivity index is 1.97. The molecule has 1 aliphatic rings. The second-order valence-electron chi connectivity index (χ2n) is 5.54. The van der Waals surface area contributed by atoms with Gasteiger partial charge in [0.2, 0.25) is 5.91 Å². The summed E-state index contributed by atoms with van der Waals surface area (Å²) >= 11 is 1.75. The minimum atomic E-state index is 0.0861. The molecule has 0 aliphatic carbocycles. The van der Waals surface area contributed by atoms with Crippen LogP contribution in [0.2, 0.25) is 0 Å². The molecule has 4 heteroatoms. The maximum absolute atomic E-state index is 11.3. The van der Waals surface area contributed by atoms with Crippen molar-refractivity contribution in [2.45, 2.75) is 33.4 Å². The summed E-state index contributed by atoms with van der Waals surface area (Å²) in [6, 6.07) is 2.49. The van der Waals surface area contributed by atoms with Gasteiger partial charge in [0.1, 0.15) is 0 Å². The van der Waals surface area contributed by atoms with Gasteiger partial charge in [-0.25, -0.2) is 0 Å². The molecule has 2 rings (SSSR count). The fourth-order valence-electron chi connectivity index (χ4n) is 2.77. The first-order chi connectivity index (χ1) is 8.56. The molecule has 1 saturated heterocycles. The first kappa shape index (κ1) is 13.6. The van der Waals surface area contributed by atoms with Gasteiger partial charge in [-0.15, -0.1) is 0 Å². The summed E-state index contributed by atoms with van der Waals surface area (Å²) in [5, 5.41) is 7.43. The molecule has 1 fully saturated rings. The molecule has 18 heavy (non-hydrogen) atoms. The molecule has 3 nitrogen and oxygen atoms in total. The highest BCUT2D eigenvalue weighted by atomic mass is 32.1. The van der Waals surface area contributed by atoms with Crippen LogP contribution in [0.3, 0.4) is 0 Å². The number of nitrogens with one attached hydrogen (secondary N) is 1. The lowest BCUT2D eigenvalue weighted by Crippen LogP contribution is -2.40. The molecule has 0 spiro atoms. The minimum Gasteiger partial charge on any atom is -0.352 e. The molecule has 1 aromatic heterocycles. The van der Waals surface area contributed by atoms with Crippen molar-refractivity contribution in [2.24, 2.45) is 11.8 Å². The molecule has 1 amide bonds. The van der Waals surface area contributed by atoms with Crippen molar-refractivity contribution < 1.29 is 4.79 Å². The fourth-order valence-corrected chi connectivity index (χ4v) is 3.43. The van der Waals surface area contributed by atoms with Crippen LogP contribution in [0, 0.1) is 11.8 Å². The monoisotopic (exact) mass is 266 g/mol.